The molecule has 0 saturated carbocycles. The highest BCUT2D eigenvalue weighted by Gasteiger charge is 2.39. The Labute approximate surface area is 245 Å². The Kier molecular flexibility index (Phi) is 10.8. The molecule has 1 unspecified atom stereocenters. The fourth-order valence-corrected chi connectivity index (χ4v) is 5.47. The second-order valence-corrected chi connectivity index (χ2v) is 11.1. The van der Waals surface area contributed by atoms with Gasteiger partial charge in [-0.2, -0.15) is 4.99 Å². The van der Waals surface area contributed by atoms with E-state index in [0.717, 1.165) is 56.7 Å². The van der Waals surface area contributed by atoms with Gasteiger partial charge in [-0.1, -0.05) is 32.0 Å². The predicted molar refractivity (Wildman–Crippen MR) is 156 cm³/mol. The molecule has 0 spiro atoms. The lowest BCUT2D eigenvalue weighted by atomic mass is 9.87. The van der Waals surface area contributed by atoms with Gasteiger partial charge in [0.1, 0.15) is 5.92 Å². The monoisotopic (exact) mass is 583 g/mol. The topological polar surface area (TPSA) is 112 Å². The second kappa shape index (κ2) is 14.5. The number of nitrogens with zero attached hydrogens (tertiary/aromatic N) is 2. The first-order chi connectivity index (χ1) is 20.2. The number of hydrogen-bond acceptors (Lipinski definition) is 5. The number of rotatable bonds is 11. The van der Waals surface area contributed by atoms with Crippen LogP contribution in [0.5, 0.6) is 0 Å². The predicted octanol–water partition coefficient (Wildman–Crippen LogP) is 4.41. The van der Waals surface area contributed by atoms with Crippen molar-refractivity contribution in [3.05, 3.63) is 65.2 Å². The lowest BCUT2D eigenvalue weighted by molar-refractivity contribution is -0.124. The van der Waals surface area contributed by atoms with Gasteiger partial charge in [-0.3, -0.25) is 9.59 Å². The number of anilines is 1. The number of likely N-dealkylation sites (tertiary alicyclic amines) is 1. The number of methoxy groups -OCH3 is 1. The Hall–Kier alpha value is -3.70. The van der Waals surface area contributed by atoms with E-state index in [1.54, 1.807) is 0 Å². The number of piperidine rings is 1. The summed E-state index contributed by atoms with van der Waals surface area (Å²) in [5.41, 5.74) is 2.55. The maximum atomic E-state index is 14.0. The second-order valence-electron chi connectivity index (χ2n) is 11.1. The summed E-state index contributed by atoms with van der Waals surface area (Å²) in [5, 5.41) is 8.52. The SMILES string of the molecule is COCC1=NC(=O)N[C@H](c2ccc(F)c(F)c2)C1C(=O)NCCCN1CCC(c2cccc(NC(=O)C(C)C)c2)CC1. The minimum absolute atomic E-state index is 0.00405. The molecule has 4 rings (SSSR count). The molecule has 2 aromatic rings. The summed E-state index contributed by atoms with van der Waals surface area (Å²) in [6, 6.07) is 9.80. The largest absolute Gasteiger partial charge is 0.379 e. The number of nitrogens with one attached hydrogen (secondary N) is 3. The van der Waals surface area contributed by atoms with Crippen molar-refractivity contribution in [1.29, 1.82) is 0 Å². The van der Waals surface area contributed by atoms with Gasteiger partial charge in [-0.15, -0.1) is 0 Å². The van der Waals surface area contributed by atoms with Gasteiger partial charge in [-0.25, -0.2) is 13.6 Å². The highest BCUT2D eigenvalue weighted by atomic mass is 19.2. The number of halogens is 2. The quantitative estimate of drug-likeness (QED) is 0.339. The van der Waals surface area contributed by atoms with Crippen molar-refractivity contribution in [2.24, 2.45) is 16.8 Å². The van der Waals surface area contributed by atoms with Crippen molar-refractivity contribution < 1.29 is 27.9 Å². The van der Waals surface area contributed by atoms with Gasteiger partial charge in [0, 0.05) is 25.3 Å². The molecule has 0 aliphatic carbocycles. The van der Waals surface area contributed by atoms with Crippen LogP contribution in [-0.4, -0.2) is 68.4 Å². The Bertz CT molecular complexity index is 1310. The van der Waals surface area contributed by atoms with Crippen molar-refractivity contribution in [3.8, 4) is 0 Å². The fourth-order valence-electron chi connectivity index (χ4n) is 5.47. The molecule has 0 aromatic heterocycles. The maximum absolute atomic E-state index is 14.0. The third kappa shape index (κ3) is 7.98. The number of hydrogen-bond donors (Lipinski definition) is 3. The van der Waals surface area contributed by atoms with Crippen LogP contribution in [-0.2, 0) is 14.3 Å². The molecule has 3 N–H and O–H groups in total. The zero-order valence-corrected chi connectivity index (χ0v) is 24.3. The zero-order valence-electron chi connectivity index (χ0n) is 24.3. The Morgan fingerprint density at radius 3 is 2.55 bits per heavy atom. The van der Waals surface area contributed by atoms with E-state index in [1.165, 1.54) is 18.7 Å². The molecule has 9 nitrogen and oxygen atoms in total. The average Bonchev–Trinajstić information content (AvgIpc) is 2.97. The van der Waals surface area contributed by atoms with E-state index >= 15 is 0 Å². The van der Waals surface area contributed by atoms with Crippen molar-refractivity contribution in [1.82, 2.24) is 15.5 Å². The summed E-state index contributed by atoms with van der Waals surface area (Å²) in [4.78, 5) is 43.9. The first-order valence-corrected chi connectivity index (χ1v) is 14.4. The molecule has 2 heterocycles. The minimum atomic E-state index is -1.06. The molecule has 4 amide bonds. The summed E-state index contributed by atoms with van der Waals surface area (Å²) in [6.07, 6.45) is 2.73. The Morgan fingerprint density at radius 2 is 1.86 bits per heavy atom. The van der Waals surface area contributed by atoms with Crippen LogP contribution < -0.4 is 16.0 Å². The van der Waals surface area contributed by atoms with Crippen molar-refractivity contribution in [2.45, 2.75) is 45.1 Å². The van der Waals surface area contributed by atoms with E-state index in [-0.39, 0.29) is 35.6 Å². The van der Waals surface area contributed by atoms with Crippen LogP contribution in [0.1, 0.15) is 56.2 Å². The van der Waals surface area contributed by atoms with Crippen LogP contribution in [0.2, 0.25) is 0 Å². The van der Waals surface area contributed by atoms with E-state index in [4.69, 9.17) is 4.74 Å². The van der Waals surface area contributed by atoms with Crippen LogP contribution in [0.15, 0.2) is 47.5 Å². The number of carbonyl (C=O) groups excluding carboxylic acids is 3. The molecule has 1 fully saturated rings. The van der Waals surface area contributed by atoms with Gasteiger partial charge in [0.2, 0.25) is 11.8 Å². The molecule has 2 aliphatic heterocycles. The normalized spacial score (nSPS) is 19.8. The van der Waals surface area contributed by atoms with Gasteiger partial charge >= 0.3 is 6.03 Å². The van der Waals surface area contributed by atoms with Gasteiger partial charge in [-0.05, 0) is 80.2 Å². The van der Waals surface area contributed by atoms with Gasteiger partial charge in [0.15, 0.2) is 11.6 Å². The molecule has 1 saturated heterocycles. The smallest absolute Gasteiger partial charge is 0.341 e. The van der Waals surface area contributed by atoms with Crippen molar-refractivity contribution in [3.63, 3.8) is 0 Å². The summed E-state index contributed by atoms with van der Waals surface area (Å²) in [5.74, 6) is -3.03. The lowest BCUT2D eigenvalue weighted by Crippen LogP contribution is -2.49. The summed E-state index contributed by atoms with van der Waals surface area (Å²) < 4.78 is 32.7. The summed E-state index contributed by atoms with van der Waals surface area (Å²) >= 11 is 0. The first kappa shape index (κ1) is 31.2. The number of ether oxygens (including phenoxy) is 1. The molecular weight excluding hydrogens is 544 g/mol. The highest BCUT2D eigenvalue weighted by Crippen LogP contribution is 2.30. The van der Waals surface area contributed by atoms with E-state index in [1.807, 2.05) is 26.0 Å². The third-order valence-corrected chi connectivity index (χ3v) is 7.78. The summed E-state index contributed by atoms with van der Waals surface area (Å²) in [7, 11) is 1.43. The molecule has 0 radical (unpaired) electrons. The molecule has 0 bridgehead atoms. The molecule has 2 aromatic carbocycles. The molecule has 42 heavy (non-hydrogen) atoms. The molecule has 11 heteroatoms. The number of aliphatic imine (C=N–C) groups is 1. The van der Waals surface area contributed by atoms with Crippen LogP contribution >= 0.6 is 0 Å². The molecule has 2 atom stereocenters. The maximum Gasteiger partial charge on any atom is 0.341 e. The van der Waals surface area contributed by atoms with Crippen LogP contribution in [0.3, 0.4) is 0 Å². The molecule has 2 aliphatic rings. The number of benzene rings is 2. The minimum Gasteiger partial charge on any atom is -0.379 e. The van der Waals surface area contributed by atoms with E-state index < -0.39 is 29.6 Å². The fraction of sp³-hybridized carbons (Fsp3) is 0.484. The third-order valence-electron chi connectivity index (χ3n) is 7.78. The highest BCUT2D eigenvalue weighted by molar-refractivity contribution is 6.11. The van der Waals surface area contributed by atoms with Crippen molar-refractivity contribution in [2.75, 3.05) is 45.2 Å². The van der Waals surface area contributed by atoms with Crippen LogP contribution in [0, 0.1) is 23.5 Å². The average molecular weight is 584 g/mol. The number of carbonyl (C=O) groups is 3. The Balaban J connectivity index is 1.28. The first-order valence-electron chi connectivity index (χ1n) is 14.4. The van der Waals surface area contributed by atoms with Gasteiger partial charge in [0.05, 0.1) is 18.4 Å². The molecule has 226 valence electrons. The van der Waals surface area contributed by atoms with Crippen LogP contribution in [0.4, 0.5) is 19.3 Å². The van der Waals surface area contributed by atoms with E-state index in [2.05, 4.69) is 38.0 Å². The zero-order chi connectivity index (χ0) is 30.2. The number of urea groups is 1. The standard InChI is InChI=1S/C31H39F2N5O4/c1-19(2)29(39)35-23-7-4-6-21(16-23)20-10-14-38(15-11-20)13-5-12-34-30(40)27-26(18-42-3)36-31(41)37-28(27)22-8-9-24(32)25(33)17-22/h4,6-9,16-17,19-20,27-28H,5,10-15,18H2,1-3H3,(H,34,40)(H,35,39)(H,37,41)/t27?,28-/m1/s1. The molecular formula is C31H39F2N5O4. The van der Waals surface area contributed by atoms with E-state index in [0.29, 0.717) is 12.5 Å². The van der Waals surface area contributed by atoms with E-state index in [9.17, 15) is 23.2 Å². The summed E-state index contributed by atoms with van der Waals surface area (Å²) in [6.45, 7) is 6.77. The van der Waals surface area contributed by atoms with Crippen LogP contribution in [0.25, 0.3) is 0 Å². The van der Waals surface area contributed by atoms with Gasteiger partial charge < -0.3 is 25.6 Å². The number of amides is 4. The Morgan fingerprint density at radius 1 is 1.10 bits per heavy atom. The van der Waals surface area contributed by atoms with Crippen molar-refractivity contribution >= 4 is 29.2 Å². The van der Waals surface area contributed by atoms with Gasteiger partial charge in [0.25, 0.3) is 0 Å². The lowest BCUT2D eigenvalue weighted by Gasteiger charge is -2.33.